The number of hydrogen-bond acceptors (Lipinski definition) is 5. The van der Waals surface area contributed by atoms with Crippen LogP contribution in [0.15, 0.2) is 23.4 Å². The Balaban J connectivity index is 3.19. The number of nitrogens with zero attached hydrogens (tertiary/aromatic N) is 2. The van der Waals surface area contributed by atoms with Crippen LogP contribution >= 0.6 is 0 Å². The van der Waals surface area contributed by atoms with E-state index >= 15 is 0 Å². The van der Waals surface area contributed by atoms with Crippen molar-refractivity contribution in [2.24, 2.45) is 5.16 Å². The molecule has 1 aromatic carbocycles. The monoisotopic (exact) mass is 210 g/mol. The molecular weight excluding hydrogens is 200 g/mol. The van der Waals surface area contributed by atoms with Crippen molar-refractivity contribution in [1.29, 1.82) is 0 Å². The van der Waals surface area contributed by atoms with E-state index in [1.54, 1.807) is 6.92 Å². The number of nitro benzene ring substituents is 1. The summed E-state index contributed by atoms with van der Waals surface area (Å²) in [4.78, 5) is 14.4. The van der Waals surface area contributed by atoms with Gasteiger partial charge in [-0.05, 0) is 19.1 Å². The largest absolute Gasteiger partial charge is 0.502 e. The number of phenolic OH excluding ortho intramolecular Hbond substituents is 1. The van der Waals surface area contributed by atoms with Crippen molar-refractivity contribution in [2.75, 3.05) is 7.11 Å². The summed E-state index contributed by atoms with van der Waals surface area (Å²) in [6.45, 7) is 1.65. The number of nitro groups is 1. The van der Waals surface area contributed by atoms with Gasteiger partial charge in [0.1, 0.15) is 7.11 Å². The molecule has 0 saturated carbocycles. The summed E-state index contributed by atoms with van der Waals surface area (Å²) in [5.41, 5.74) is 0.681. The Morgan fingerprint density at radius 2 is 2.27 bits per heavy atom. The van der Waals surface area contributed by atoms with Gasteiger partial charge in [0.15, 0.2) is 5.75 Å². The molecule has 80 valence electrons. The van der Waals surface area contributed by atoms with E-state index in [1.807, 2.05) is 0 Å². The van der Waals surface area contributed by atoms with Crippen LogP contribution < -0.4 is 0 Å². The zero-order valence-electron chi connectivity index (χ0n) is 8.30. The molecule has 0 aliphatic heterocycles. The van der Waals surface area contributed by atoms with E-state index < -0.39 is 4.92 Å². The summed E-state index contributed by atoms with van der Waals surface area (Å²) in [7, 11) is 1.39. The molecule has 0 unspecified atom stereocenters. The Morgan fingerprint density at radius 1 is 1.60 bits per heavy atom. The molecule has 0 aliphatic rings. The summed E-state index contributed by atoms with van der Waals surface area (Å²) in [6.07, 6.45) is 0. The van der Waals surface area contributed by atoms with E-state index in [4.69, 9.17) is 0 Å². The minimum Gasteiger partial charge on any atom is -0.502 e. The fraction of sp³-hybridized carbons (Fsp3) is 0.222. The van der Waals surface area contributed by atoms with E-state index in [0.29, 0.717) is 11.3 Å². The Kier molecular flexibility index (Phi) is 3.22. The van der Waals surface area contributed by atoms with Gasteiger partial charge in [0.05, 0.1) is 10.6 Å². The highest BCUT2D eigenvalue weighted by Crippen LogP contribution is 2.26. The first kappa shape index (κ1) is 11.0. The van der Waals surface area contributed by atoms with Crippen molar-refractivity contribution in [3.05, 3.63) is 33.9 Å². The van der Waals surface area contributed by atoms with Crippen LogP contribution in [0.4, 0.5) is 5.69 Å². The van der Waals surface area contributed by atoms with Gasteiger partial charge >= 0.3 is 5.69 Å². The summed E-state index contributed by atoms with van der Waals surface area (Å²) < 4.78 is 0. The first-order valence-electron chi connectivity index (χ1n) is 4.11. The maximum atomic E-state index is 10.5. The lowest BCUT2D eigenvalue weighted by Crippen LogP contribution is -1.97. The highest BCUT2D eigenvalue weighted by molar-refractivity contribution is 5.99. The van der Waals surface area contributed by atoms with Crippen molar-refractivity contribution in [2.45, 2.75) is 6.92 Å². The van der Waals surface area contributed by atoms with Crippen LogP contribution in [0.1, 0.15) is 12.5 Å². The standard InChI is InChI=1S/C9H10N2O4/c1-6(10-15-2)7-3-4-9(12)8(5-7)11(13)14/h3-5,12H,1-2H3/b10-6+. The second-order valence-electron chi connectivity index (χ2n) is 2.82. The molecule has 0 atom stereocenters. The lowest BCUT2D eigenvalue weighted by molar-refractivity contribution is -0.385. The van der Waals surface area contributed by atoms with Gasteiger partial charge in [-0.2, -0.15) is 0 Å². The molecule has 0 fully saturated rings. The number of rotatable bonds is 3. The Morgan fingerprint density at radius 3 is 2.80 bits per heavy atom. The van der Waals surface area contributed by atoms with Crippen molar-refractivity contribution >= 4 is 11.4 Å². The molecule has 6 nitrogen and oxygen atoms in total. The molecule has 0 spiro atoms. The van der Waals surface area contributed by atoms with E-state index in [2.05, 4.69) is 9.99 Å². The van der Waals surface area contributed by atoms with Crippen LogP contribution in [-0.4, -0.2) is 22.9 Å². The van der Waals surface area contributed by atoms with E-state index in [-0.39, 0.29) is 11.4 Å². The van der Waals surface area contributed by atoms with Crippen molar-refractivity contribution in [3.63, 3.8) is 0 Å². The minimum absolute atomic E-state index is 0.349. The lowest BCUT2D eigenvalue weighted by Gasteiger charge is -2.01. The summed E-state index contributed by atoms with van der Waals surface area (Å²) in [5, 5.41) is 23.4. The summed E-state index contributed by atoms with van der Waals surface area (Å²) in [5.74, 6) is -0.367. The fourth-order valence-electron chi connectivity index (χ4n) is 1.08. The molecule has 0 bridgehead atoms. The molecule has 0 saturated heterocycles. The maximum absolute atomic E-state index is 10.5. The Bertz CT molecular complexity index is 415. The minimum atomic E-state index is -0.654. The number of phenols is 1. The molecular formula is C9H10N2O4. The van der Waals surface area contributed by atoms with Gasteiger partial charge in [0.25, 0.3) is 0 Å². The Hall–Kier alpha value is -2.11. The van der Waals surface area contributed by atoms with Gasteiger partial charge in [-0.25, -0.2) is 0 Å². The molecule has 0 aliphatic carbocycles. The number of aromatic hydroxyl groups is 1. The van der Waals surface area contributed by atoms with Crippen molar-refractivity contribution in [3.8, 4) is 5.75 Å². The third-order valence-electron chi connectivity index (χ3n) is 1.82. The van der Waals surface area contributed by atoms with Crippen LogP contribution in [0.2, 0.25) is 0 Å². The van der Waals surface area contributed by atoms with Crippen LogP contribution in [0.3, 0.4) is 0 Å². The second kappa shape index (κ2) is 4.41. The zero-order chi connectivity index (χ0) is 11.4. The quantitative estimate of drug-likeness (QED) is 0.467. The summed E-state index contributed by atoms with van der Waals surface area (Å²) in [6, 6.07) is 4.02. The van der Waals surface area contributed by atoms with E-state index in [1.165, 1.54) is 25.3 Å². The topological polar surface area (TPSA) is 85.0 Å². The molecule has 15 heavy (non-hydrogen) atoms. The van der Waals surface area contributed by atoms with Crippen LogP contribution in [0, 0.1) is 10.1 Å². The molecule has 6 heteroatoms. The molecule has 1 aromatic rings. The molecule has 0 amide bonds. The smallest absolute Gasteiger partial charge is 0.311 e. The van der Waals surface area contributed by atoms with Gasteiger partial charge < -0.3 is 9.94 Å². The van der Waals surface area contributed by atoms with E-state index in [9.17, 15) is 15.2 Å². The average molecular weight is 210 g/mol. The third kappa shape index (κ3) is 2.43. The summed E-state index contributed by atoms with van der Waals surface area (Å²) >= 11 is 0. The fourth-order valence-corrected chi connectivity index (χ4v) is 1.08. The predicted molar refractivity (Wildman–Crippen MR) is 54.0 cm³/mol. The van der Waals surface area contributed by atoms with Crippen LogP contribution in [0.25, 0.3) is 0 Å². The molecule has 0 aromatic heterocycles. The van der Waals surface area contributed by atoms with Gasteiger partial charge in [0, 0.05) is 11.6 Å². The van der Waals surface area contributed by atoms with Crippen molar-refractivity contribution < 1.29 is 14.9 Å². The van der Waals surface area contributed by atoms with Crippen molar-refractivity contribution in [1.82, 2.24) is 0 Å². The second-order valence-corrected chi connectivity index (χ2v) is 2.82. The first-order valence-corrected chi connectivity index (χ1v) is 4.11. The van der Waals surface area contributed by atoms with Gasteiger partial charge in [-0.15, -0.1) is 0 Å². The average Bonchev–Trinajstić information content (AvgIpc) is 2.18. The molecule has 1 N–H and O–H groups in total. The van der Waals surface area contributed by atoms with E-state index in [0.717, 1.165) is 0 Å². The van der Waals surface area contributed by atoms with Crippen LogP contribution in [0.5, 0.6) is 5.75 Å². The molecule has 0 radical (unpaired) electrons. The highest BCUT2D eigenvalue weighted by atomic mass is 16.6. The number of benzene rings is 1. The zero-order valence-corrected chi connectivity index (χ0v) is 8.30. The number of oxime groups is 1. The molecule has 0 heterocycles. The van der Waals surface area contributed by atoms with Gasteiger partial charge in [0.2, 0.25) is 0 Å². The molecule has 1 rings (SSSR count). The lowest BCUT2D eigenvalue weighted by atomic mass is 10.1. The Labute approximate surface area is 85.9 Å². The maximum Gasteiger partial charge on any atom is 0.311 e. The normalized spacial score (nSPS) is 11.2. The third-order valence-corrected chi connectivity index (χ3v) is 1.82. The van der Waals surface area contributed by atoms with Gasteiger partial charge in [-0.1, -0.05) is 5.16 Å². The number of hydrogen-bond donors (Lipinski definition) is 1. The SMILES string of the molecule is CO/N=C(\C)c1ccc(O)c([N+](=O)[O-])c1. The highest BCUT2D eigenvalue weighted by Gasteiger charge is 2.14. The first-order chi connectivity index (χ1) is 7.06. The van der Waals surface area contributed by atoms with Crippen LogP contribution in [-0.2, 0) is 4.84 Å². The predicted octanol–water partition coefficient (Wildman–Crippen LogP) is 1.67. The van der Waals surface area contributed by atoms with Gasteiger partial charge in [-0.3, -0.25) is 10.1 Å².